The third kappa shape index (κ3) is 2.60. The molecule has 1 heterocycles. The van der Waals surface area contributed by atoms with E-state index in [1.165, 1.54) is 15.3 Å². The van der Waals surface area contributed by atoms with Crippen LogP contribution in [0.25, 0.3) is 20.9 Å². The summed E-state index contributed by atoms with van der Waals surface area (Å²) in [6.45, 7) is 6.13. The van der Waals surface area contributed by atoms with E-state index in [-0.39, 0.29) is 0 Å². The highest BCUT2D eigenvalue weighted by Crippen LogP contribution is 2.41. The van der Waals surface area contributed by atoms with Gasteiger partial charge in [-0.25, -0.2) is 0 Å². The fourth-order valence-electron chi connectivity index (χ4n) is 2.71. The molecule has 0 fully saturated rings. The second-order valence-electron chi connectivity index (χ2n) is 5.62. The van der Waals surface area contributed by atoms with Gasteiger partial charge in [0.25, 0.3) is 0 Å². The number of phenols is 2. The van der Waals surface area contributed by atoms with Gasteiger partial charge in [0.05, 0.1) is 0 Å². The van der Waals surface area contributed by atoms with Crippen molar-refractivity contribution in [3.63, 3.8) is 0 Å². The molecule has 2 aromatic carbocycles. The van der Waals surface area contributed by atoms with Crippen molar-refractivity contribution in [1.29, 1.82) is 0 Å². The number of hydrogen-bond donors (Lipinski definition) is 2. The van der Waals surface area contributed by atoms with Crippen LogP contribution in [0.15, 0.2) is 42.5 Å². The van der Waals surface area contributed by atoms with Crippen molar-refractivity contribution in [2.75, 3.05) is 0 Å². The maximum Gasteiger partial charge on any atom is 0.115 e. The van der Waals surface area contributed by atoms with E-state index in [2.05, 4.69) is 13.0 Å². The zero-order valence-electron chi connectivity index (χ0n) is 12.8. The zero-order chi connectivity index (χ0) is 15.9. The molecular formula is C19H18O2S. The lowest BCUT2D eigenvalue weighted by atomic mass is 10.0. The van der Waals surface area contributed by atoms with Gasteiger partial charge in [-0.1, -0.05) is 0 Å². The summed E-state index contributed by atoms with van der Waals surface area (Å²) in [5.41, 5.74) is 5.66. The van der Waals surface area contributed by atoms with Crippen LogP contribution in [0.3, 0.4) is 0 Å². The van der Waals surface area contributed by atoms with Crippen LogP contribution < -0.4 is 0 Å². The van der Waals surface area contributed by atoms with E-state index in [9.17, 15) is 10.2 Å². The van der Waals surface area contributed by atoms with Crippen LogP contribution in [0.2, 0.25) is 0 Å². The summed E-state index contributed by atoms with van der Waals surface area (Å²) in [7, 11) is 0. The van der Waals surface area contributed by atoms with E-state index in [0.717, 1.165) is 22.3 Å². The first kappa shape index (κ1) is 14.7. The molecule has 0 bridgehead atoms. The Bertz CT molecular complexity index is 847. The van der Waals surface area contributed by atoms with Crippen molar-refractivity contribution in [1.82, 2.24) is 0 Å². The van der Waals surface area contributed by atoms with Crippen LogP contribution in [-0.2, 0) is 0 Å². The molecule has 3 heteroatoms. The van der Waals surface area contributed by atoms with Gasteiger partial charge >= 0.3 is 0 Å². The van der Waals surface area contributed by atoms with Crippen LogP contribution in [0.4, 0.5) is 0 Å². The predicted molar refractivity (Wildman–Crippen MR) is 92.7 cm³/mol. The molecular weight excluding hydrogens is 292 g/mol. The largest absolute Gasteiger partial charge is 0.508 e. The van der Waals surface area contributed by atoms with Gasteiger partial charge in [-0.2, -0.15) is 0 Å². The highest BCUT2D eigenvalue weighted by Gasteiger charge is 2.13. The smallest absolute Gasteiger partial charge is 0.115 e. The topological polar surface area (TPSA) is 40.5 Å². The van der Waals surface area contributed by atoms with Gasteiger partial charge < -0.3 is 10.2 Å². The van der Waals surface area contributed by atoms with Crippen molar-refractivity contribution in [2.45, 2.75) is 20.8 Å². The Balaban J connectivity index is 2.11. The molecule has 0 aliphatic rings. The maximum atomic E-state index is 9.58. The van der Waals surface area contributed by atoms with Crippen molar-refractivity contribution in [3.8, 4) is 32.4 Å². The molecule has 0 amide bonds. The average molecular weight is 310 g/mol. The Labute approximate surface area is 134 Å². The quantitative estimate of drug-likeness (QED) is 0.663. The molecule has 1 aromatic heterocycles. The van der Waals surface area contributed by atoms with Crippen LogP contribution >= 0.6 is 11.3 Å². The van der Waals surface area contributed by atoms with Gasteiger partial charge in [0.1, 0.15) is 11.5 Å². The molecule has 0 spiro atoms. The Morgan fingerprint density at radius 1 is 0.682 bits per heavy atom. The number of aromatic hydroxyl groups is 2. The zero-order valence-corrected chi connectivity index (χ0v) is 13.7. The van der Waals surface area contributed by atoms with Crippen molar-refractivity contribution in [2.24, 2.45) is 0 Å². The van der Waals surface area contributed by atoms with Gasteiger partial charge in [0, 0.05) is 9.75 Å². The minimum absolute atomic E-state index is 0.295. The number of rotatable bonds is 2. The third-order valence-electron chi connectivity index (χ3n) is 3.85. The monoisotopic (exact) mass is 310 g/mol. The van der Waals surface area contributed by atoms with Gasteiger partial charge in [0.2, 0.25) is 0 Å². The highest BCUT2D eigenvalue weighted by molar-refractivity contribution is 7.19. The normalized spacial score (nSPS) is 10.9. The summed E-state index contributed by atoms with van der Waals surface area (Å²) in [6.07, 6.45) is 0. The van der Waals surface area contributed by atoms with Crippen LogP contribution in [-0.4, -0.2) is 10.2 Å². The average Bonchev–Trinajstić information content (AvgIpc) is 2.80. The molecule has 2 N–H and O–H groups in total. The van der Waals surface area contributed by atoms with E-state index in [4.69, 9.17) is 0 Å². The lowest BCUT2D eigenvalue weighted by Crippen LogP contribution is -1.81. The Hall–Kier alpha value is -2.26. The Morgan fingerprint density at radius 2 is 1.23 bits per heavy atom. The van der Waals surface area contributed by atoms with E-state index in [1.54, 1.807) is 35.6 Å². The van der Waals surface area contributed by atoms with Gasteiger partial charge in [-0.15, -0.1) is 11.3 Å². The molecule has 0 radical (unpaired) electrons. The number of aryl methyl sites for hydroxylation is 3. The summed E-state index contributed by atoms with van der Waals surface area (Å²) in [5.74, 6) is 0.592. The molecule has 0 aliphatic carbocycles. The van der Waals surface area contributed by atoms with Crippen molar-refractivity contribution < 1.29 is 10.2 Å². The van der Waals surface area contributed by atoms with Gasteiger partial charge in [-0.3, -0.25) is 0 Å². The summed E-state index contributed by atoms with van der Waals surface area (Å²) >= 11 is 1.74. The lowest BCUT2D eigenvalue weighted by Gasteiger charge is -2.06. The first-order chi connectivity index (χ1) is 10.5. The van der Waals surface area contributed by atoms with E-state index >= 15 is 0 Å². The molecule has 112 valence electrons. The SMILES string of the molecule is Cc1cc(O)ccc1-c1cc(C)c(-c2ccc(O)cc2C)s1. The fraction of sp³-hybridized carbons (Fsp3) is 0.158. The number of thiophene rings is 1. The fourth-order valence-corrected chi connectivity index (χ4v) is 4.06. The molecule has 2 nitrogen and oxygen atoms in total. The summed E-state index contributed by atoms with van der Waals surface area (Å²) in [5, 5.41) is 19.1. The molecule has 0 aliphatic heterocycles. The van der Waals surface area contributed by atoms with Gasteiger partial charge in [0.15, 0.2) is 0 Å². The highest BCUT2D eigenvalue weighted by atomic mass is 32.1. The van der Waals surface area contributed by atoms with E-state index in [0.29, 0.717) is 11.5 Å². The van der Waals surface area contributed by atoms with Crippen LogP contribution in [0.5, 0.6) is 11.5 Å². The van der Waals surface area contributed by atoms with E-state index < -0.39 is 0 Å². The molecule has 0 unspecified atom stereocenters. The standard InChI is InChI=1S/C19H18O2S/c1-11-8-14(20)4-6-16(11)18-10-13(3)19(22-18)17-7-5-15(21)9-12(17)2/h4-10,20-21H,1-3H3. The first-order valence-electron chi connectivity index (χ1n) is 7.16. The molecule has 22 heavy (non-hydrogen) atoms. The summed E-state index contributed by atoms with van der Waals surface area (Å²) in [6, 6.07) is 13.2. The minimum Gasteiger partial charge on any atom is -0.508 e. The molecule has 0 saturated carbocycles. The molecule has 0 saturated heterocycles. The second kappa shape index (κ2) is 5.50. The van der Waals surface area contributed by atoms with E-state index in [1.807, 2.05) is 26.0 Å². The third-order valence-corrected chi connectivity index (χ3v) is 5.15. The van der Waals surface area contributed by atoms with Crippen LogP contribution in [0, 0.1) is 20.8 Å². The Morgan fingerprint density at radius 3 is 1.77 bits per heavy atom. The lowest BCUT2D eigenvalue weighted by molar-refractivity contribution is 0.474. The molecule has 0 atom stereocenters. The Kier molecular flexibility index (Phi) is 3.67. The predicted octanol–water partition coefficient (Wildman–Crippen LogP) is 5.42. The van der Waals surface area contributed by atoms with Gasteiger partial charge in [-0.05, 0) is 91.1 Å². The summed E-state index contributed by atoms with van der Waals surface area (Å²) in [4.78, 5) is 2.41. The number of benzene rings is 2. The van der Waals surface area contributed by atoms with Crippen molar-refractivity contribution in [3.05, 3.63) is 59.2 Å². The summed E-state index contributed by atoms with van der Waals surface area (Å²) < 4.78 is 0. The first-order valence-corrected chi connectivity index (χ1v) is 7.98. The molecule has 3 rings (SSSR count). The van der Waals surface area contributed by atoms with Crippen LogP contribution in [0.1, 0.15) is 16.7 Å². The second-order valence-corrected chi connectivity index (χ2v) is 6.67. The minimum atomic E-state index is 0.295. The number of phenolic OH excluding ortho intramolecular Hbond substituents is 2. The number of hydrogen-bond acceptors (Lipinski definition) is 3. The van der Waals surface area contributed by atoms with Crippen molar-refractivity contribution >= 4 is 11.3 Å². The molecule has 3 aromatic rings. The maximum absolute atomic E-state index is 9.58.